The van der Waals surface area contributed by atoms with E-state index in [9.17, 15) is 4.79 Å². The highest BCUT2D eigenvalue weighted by atomic mass is 16.4. The van der Waals surface area contributed by atoms with Crippen molar-refractivity contribution < 1.29 is 9.21 Å². The number of carbonyl (C=O) groups is 1. The van der Waals surface area contributed by atoms with Crippen LogP contribution in [0.1, 0.15) is 23.6 Å². The van der Waals surface area contributed by atoms with E-state index in [0.29, 0.717) is 37.6 Å². The number of benzene rings is 2. The van der Waals surface area contributed by atoms with Crippen molar-refractivity contribution in [1.29, 1.82) is 0 Å². The van der Waals surface area contributed by atoms with E-state index < -0.39 is 0 Å². The van der Waals surface area contributed by atoms with E-state index in [1.165, 1.54) is 5.56 Å². The van der Waals surface area contributed by atoms with Crippen molar-refractivity contribution in [2.75, 3.05) is 6.54 Å². The minimum atomic E-state index is -0.0485. The number of amides is 1. The Hall–Kier alpha value is -3.74. The number of para-hydroxylation sites is 1. The Morgan fingerprint density at radius 1 is 1.00 bits per heavy atom. The first-order valence-corrected chi connectivity index (χ1v) is 9.93. The second-order valence-corrected chi connectivity index (χ2v) is 7.05. The van der Waals surface area contributed by atoms with Gasteiger partial charge >= 0.3 is 0 Å². The summed E-state index contributed by atoms with van der Waals surface area (Å²) in [5.41, 5.74) is 3.98. The van der Waals surface area contributed by atoms with Crippen molar-refractivity contribution in [3.05, 3.63) is 84.0 Å². The molecule has 0 aliphatic heterocycles. The highest BCUT2D eigenvalue weighted by Gasteiger charge is 2.10. The molecule has 7 heteroatoms. The molecule has 2 heterocycles. The number of carbonyl (C=O) groups excluding carboxylic acids is 1. The molecule has 0 radical (unpaired) electrons. The minimum absolute atomic E-state index is 0.0485. The second-order valence-electron chi connectivity index (χ2n) is 7.05. The van der Waals surface area contributed by atoms with Gasteiger partial charge in [-0.1, -0.05) is 35.9 Å². The third-order valence-electron chi connectivity index (χ3n) is 4.70. The van der Waals surface area contributed by atoms with Gasteiger partial charge in [-0.3, -0.25) is 4.79 Å². The van der Waals surface area contributed by atoms with Crippen LogP contribution in [-0.2, 0) is 17.6 Å². The highest BCUT2D eigenvalue weighted by molar-refractivity contribution is 5.76. The molecule has 0 bridgehead atoms. The standard InChI is InChI=1S/C23H23N5O2/c1-17-7-9-18(10-8-17)23-26-25-22(30-23)12-11-21(29)24-15-13-19-14-16-28(27-19)20-5-3-2-4-6-20/h2-10,14,16H,11-13,15H2,1H3,(H,24,29). The summed E-state index contributed by atoms with van der Waals surface area (Å²) in [6.07, 6.45) is 3.30. The summed E-state index contributed by atoms with van der Waals surface area (Å²) in [7, 11) is 0. The number of nitrogens with one attached hydrogen (secondary N) is 1. The number of aromatic nitrogens is 4. The summed E-state index contributed by atoms with van der Waals surface area (Å²) in [5.74, 6) is 0.884. The summed E-state index contributed by atoms with van der Waals surface area (Å²) in [5, 5.41) is 15.6. The molecule has 1 amide bonds. The SMILES string of the molecule is Cc1ccc(-c2nnc(CCC(=O)NCCc3ccn(-c4ccccc4)n3)o2)cc1. The average molecular weight is 401 g/mol. The van der Waals surface area contributed by atoms with Crippen molar-refractivity contribution in [2.24, 2.45) is 0 Å². The maximum Gasteiger partial charge on any atom is 0.247 e. The van der Waals surface area contributed by atoms with Crippen molar-refractivity contribution in [3.63, 3.8) is 0 Å². The monoisotopic (exact) mass is 401 g/mol. The van der Waals surface area contributed by atoms with E-state index in [1.54, 1.807) is 0 Å². The Kier molecular flexibility index (Phi) is 5.98. The Balaban J connectivity index is 1.21. The first-order valence-electron chi connectivity index (χ1n) is 9.93. The molecule has 2 aromatic carbocycles. The first kappa shape index (κ1) is 19.6. The molecule has 4 rings (SSSR count). The van der Waals surface area contributed by atoms with Crippen molar-refractivity contribution in [3.8, 4) is 17.1 Å². The van der Waals surface area contributed by atoms with Crippen LogP contribution in [0.2, 0.25) is 0 Å². The third kappa shape index (κ3) is 5.00. The van der Waals surface area contributed by atoms with Crippen molar-refractivity contribution in [2.45, 2.75) is 26.2 Å². The van der Waals surface area contributed by atoms with Crippen LogP contribution in [0.4, 0.5) is 0 Å². The molecule has 0 saturated carbocycles. The van der Waals surface area contributed by atoms with Crippen LogP contribution in [0, 0.1) is 6.92 Å². The zero-order valence-corrected chi connectivity index (χ0v) is 16.8. The van der Waals surface area contributed by atoms with Crippen LogP contribution < -0.4 is 5.32 Å². The zero-order valence-electron chi connectivity index (χ0n) is 16.8. The molecule has 0 spiro atoms. The first-order chi connectivity index (χ1) is 14.7. The molecular formula is C23H23N5O2. The van der Waals surface area contributed by atoms with E-state index in [-0.39, 0.29) is 5.91 Å². The van der Waals surface area contributed by atoms with Gasteiger partial charge in [0.1, 0.15) is 0 Å². The van der Waals surface area contributed by atoms with Gasteiger partial charge in [0.15, 0.2) is 0 Å². The second kappa shape index (κ2) is 9.17. The Labute approximate surface area is 174 Å². The van der Waals surface area contributed by atoms with Crippen LogP contribution in [0.15, 0.2) is 71.3 Å². The summed E-state index contributed by atoms with van der Waals surface area (Å²) >= 11 is 0. The van der Waals surface area contributed by atoms with Crippen LogP contribution in [0.3, 0.4) is 0 Å². The molecule has 0 atom stereocenters. The van der Waals surface area contributed by atoms with E-state index in [2.05, 4.69) is 20.6 Å². The lowest BCUT2D eigenvalue weighted by Crippen LogP contribution is -2.26. The van der Waals surface area contributed by atoms with Gasteiger partial charge in [0.2, 0.25) is 17.7 Å². The highest BCUT2D eigenvalue weighted by Crippen LogP contribution is 2.18. The number of nitrogens with zero attached hydrogens (tertiary/aromatic N) is 4. The maximum absolute atomic E-state index is 12.1. The fraction of sp³-hybridized carbons (Fsp3) is 0.217. The molecule has 152 valence electrons. The molecule has 0 fully saturated rings. The number of rotatable bonds is 8. The van der Waals surface area contributed by atoms with E-state index in [4.69, 9.17) is 4.42 Å². The zero-order chi connectivity index (χ0) is 20.8. The summed E-state index contributed by atoms with van der Waals surface area (Å²) in [6.45, 7) is 2.56. The lowest BCUT2D eigenvalue weighted by Gasteiger charge is -2.03. The molecule has 2 aromatic heterocycles. The fourth-order valence-corrected chi connectivity index (χ4v) is 3.03. The number of aryl methyl sites for hydroxylation is 2. The minimum Gasteiger partial charge on any atom is -0.421 e. The van der Waals surface area contributed by atoms with Gasteiger partial charge in [0.25, 0.3) is 0 Å². The molecule has 0 unspecified atom stereocenters. The van der Waals surface area contributed by atoms with Gasteiger partial charge in [0, 0.05) is 37.6 Å². The molecule has 1 N–H and O–H groups in total. The fourth-order valence-electron chi connectivity index (χ4n) is 3.03. The quantitative estimate of drug-likeness (QED) is 0.488. The summed E-state index contributed by atoms with van der Waals surface area (Å²) in [4.78, 5) is 12.1. The Bertz CT molecular complexity index is 1100. The van der Waals surface area contributed by atoms with Crippen molar-refractivity contribution in [1.82, 2.24) is 25.3 Å². The molecule has 0 aliphatic rings. The lowest BCUT2D eigenvalue weighted by molar-refractivity contribution is -0.121. The predicted octanol–water partition coefficient (Wildman–Crippen LogP) is 3.52. The van der Waals surface area contributed by atoms with Crippen LogP contribution in [-0.4, -0.2) is 32.4 Å². The molecule has 7 nitrogen and oxygen atoms in total. The molecule has 0 aliphatic carbocycles. The lowest BCUT2D eigenvalue weighted by atomic mass is 10.1. The van der Waals surface area contributed by atoms with Gasteiger partial charge in [0.05, 0.1) is 11.4 Å². The van der Waals surface area contributed by atoms with Crippen LogP contribution in [0.5, 0.6) is 0 Å². The normalized spacial score (nSPS) is 10.8. The Morgan fingerprint density at radius 2 is 1.80 bits per heavy atom. The molecule has 4 aromatic rings. The van der Waals surface area contributed by atoms with Gasteiger partial charge < -0.3 is 9.73 Å². The summed E-state index contributed by atoms with van der Waals surface area (Å²) in [6, 6.07) is 19.8. The van der Waals surface area contributed by atoms with Gasteiger partial charge in [-0.25, -0.2) is 4.68 Å². The van der Waals surface area contributed by atoms with E-state index >= 15 is 0 Å². The van der Waals surface area contributed by atoms with Crippen LogP contribution >= 0.6 is 0 Å². The van der Waals surface area contributed by atoms with Gasteiger partial charge in [-0.15, -0.1) is 10.2 Å². The Morgan fingerprint density at radius 3 is 2.60 bits per heavy atom. The number of hydrogen-bond donors (Lipinski definition) is 1. The van der Waals surface area contributed by atoms with E-state index in [1.807, 2.05) is 78.5 Å². The van der Waals surface area contributed by atoms with E-state index in [0.717, 1.165) is 16.9 Å². The predicted molar refractivity (Wildman–Crippen MR) is 113 cm³/mol. The smallest absolute Gasteiger partial charge is 0.247 e. The largest absolute Gasteiger partial charge is 0.421 e. The topological polar surface area (TPSA) is 85.8 Å². The molecular weight excluding hydrogens is 378 g/mol. The van der Waals surface area contributed by atoms with Crippen LogP contribution in [0.25, 0.3) is 17.1 Å². The maximum atomic E-state index is 12.1. The molecule has 30 heavy (non-hydrogen) atoms. The average Bonchev–Trinajstić information content (AvgIpc) is 3.43. The third-order valence-corrected chi connectivity index (χ3v) is 4.70. The van der Waals surface area contributed by atoms with Gasteiger partial charge in [-0.05, 0) is 37.3 Å². The summed E-state index contributed by atoms with van der Waals surface area (Å²) < 4.78 is 7.50. The molecule has 0 saturated heterocycles. The van der Waals surface area contributed by atoms with Crippen molar-refractivity contribution >= 4 is 5.91 Å². The van der Waals surface area contributed by atoms with Gasteiger partial charge in [-0.2, -0.15) is 5.10 Å². The number of hydrogen-bond acceptors (Lipinski definition) is 5.